The largest absolute Gasteiger partial charge is 0.398 e. The Balaban J connectivity index is 3.11. The molecule has 0 heterocycles. The number of benzene rings is 1. The fourth-order valence-corrected chi connectivity index (χ4v) is 1.37. The molecule has 0 atom stereocenters. The van der Waals surface area contributed by atoms with Crippen molar-refractivity contribution in [3.8, 4) is 0 Å². The number of anilines is 1. The smallest absolute Gasteiger partial charge is 0.0527 e. The van der Waals surface area contributed by atoms with Crippen LogP contribution in [0.25, 0.3) is 6.08 Å². The molecule has 2 N–H and O–H groups in total. The van der Waals surface area contributed by atoms with Crippen molar-refractivity contribution >= 4 is 36.0 Å². The van der Waals surface area contributed by atoms with Crippen LogP contribution in [0.3, 0.4) is 0 Å². The van der Waals surface area contributed by atoms with E-state index in [9.17, 15) is 0 Å². The zero-order valence-electron chi connectivity index (χ0n) is 7.42. The molecule has 0 aromatic heterocycles. The third-order valence-corrected chi connectivity index (χ3v) is 2.57. The first kappa shape index (κ1) is 10.5. The Morgan fingerprint density at radius 3 is 2.85 bits per heavy atom. The molecule has 1 aromatic rings. The molecule has 0 unspecified atom stereocenters. The van der Waals surface area contributed by atoms with Crippen molar-refractivity contribution in [2.45, 2.75) is 6.92 Å². The van der Waals surface area contributed by atoms with E-state index in [1.165, 1.54) is 0 Å². The van der Waals surface area contributed by atoms with Crippen molar-refractivity contribution in [1.82, 2.24) is 0 Å². The van der Waals surface area contributed by atoms with Gasteiger partial charge in [-0.15, -0.1) is 0 Å². The van der Waals surface area contributed by atoms with Gasteiger partial charge in [-0.2, -0.15) is 12.6 Å². The van der Waals surface area contributed by atoms with Crippen LogP contribution in [0.5, 0.6) is 0 Å². The van der Waals surface area contributed by atoms with Crippen LogP contribution in [0.4, 0.5) is 5.69 Å². The van der Waals surface area contributed by atoms with Crippen LogP contribution in [0.2, 0.25) is 5.02 Å². The Morgan fingerprint density at radius 1 is 1.54 bits per heavy atom. The Morgan fingerprint density at radius 2 is 2.23 bits per heavy atom. The molecule has 0 saturated heterocycles. The van der Waals surface area contributed by atoms with Gasteiger partial charge in [-0.05, 0) is 24.1 Å². The molecule has 13 heavy (non-hydrogen) atoms. The monoisotopic (exact) mass is 213 g/mol. The summed E-state index contributed by atoms with van der Waals surface area (Å²) >= 11 is 10.2. The number of halogens is 1. The standard InChI is InChI=1S/C10H12ClNS/c1-7-9(12)5-4-8(10(7)11)3-2-6-13/h2-5,13H,6,12H2,1H3. The second kappa shape index (κ2) is 4.58. The highest BCUT2D eigenvalue weighted by atomic mass is 35.5. The van der Waals surface area contributed by atoms with Crippen molar-refractivity contribution in [3.05, 3.63) is 34.4 Å². The van der Waals surface area contributed by atoms with Gasteiger partial charge in [0.25, 0.3) is 0 Å². The number of hydrogen-bond donors (Lipinski definition) is 2. The van der Waals surface area contributed by atoms with E-state index >= 15 is 0 Å². The number of rotatable bonds is 2. The lowest BCUT2D eigenvalue weighted by Crippen LogP contribution is -1.91. The number of thiol groups is 1. The van der Waals surface area contributed by atoms with Gasteiger partial charge in [0, 0.05) is 11.4 Å². The summed E-state index contributed by atoms with van der Waals surface area (Å²) in [6.45, 7) is 1.91. The average molecular weight is 214 g/mol. The van der Waals surface area contributed by atoms with E-state index in [1.807, 2.05) is 31.2 Å². The van der Waals surface area contributed by atoms with Crippen molar-refractivity contribution in [2.75, 3.05) is 11.5 Å². The minimum Gasteiger partial charge on any atom is -0.398 e. The Labute approximate surface area is 89.0 Å². The average Bonchev–Trinajstić information content (AvgIpc) is 2.13. The van der Waals surface area contributed by atoms with Crippen LogP contribution < -0.4 is 5.73 Å². The van der Waals surface area contributed by atoms with E-state index in [0.717, 1.165) is 21.8 Å². The van der Waals surface area contributed by atoms with Gasteiger partial charge in [0.1, 0.15) is 0 Å². The topological polar surface area (TPSA) is 26.0 Å². The lowest BCUT2D eigenvalue weighted by Gasteiger charge is -2.05. The molecule has 0 aliphatic heterocycles. The molecular formula is C10H12ClNS. The summed E-state index contributed by atoms with van der Waals surface area (Å²) < 4.78 is 0. The van der Waals surface area contributed by atoms with Gasteiger partial charge in [0.05, 0.1) is 5.02 Å². The molecule has 3 heteroatoms. The van der Waals surface area contributed by atoms with Gasteiger partial charge in [-0.3, -0.25) is 0 Å². The van der Waals surface area contributed by atoms with E-state index < -0.39 is 0 Å². The van der Waals surface area contributed by atoms with Gasteiger partial charge >= 0.3 is 0 Å². The minimum absolute atomic E-state index is 0.708. The molecule has 1 nitrogen and oxygen atoms in total. The highest BCUT2D eigenvalue weighted by molar-refractivity contribution is 7.80. The molecule has 70 valence electrons. The Bertz CT molecular complexity index is 334. The van der Waals surface area contributed by atoms with E-state index in [-0.39, 0.29) is 0 Å². The van der Waals surface area contributed by atoms with Crippen LogP contribution in [0, 0.1) is 6.92 Å². The van der Waals surface area contributed by atoms with Gasteiger partial charge in [0.15, 0.2) is 0 Å². The Hall–Kier alpha value is -0.600. The molecule has 0 fully saturated rings. The highest BCUT2D eigenvalue weighted by Crippen LogP contribution is 2.26. The molecule has 0 saturated carbocycles. The molecule has 1 rings (SSSR count). The van der Waals surface area contributed by atoms with Crippen LogP contribution in [0.1, 0.15) is 11.1 Å². The molecule has 1 aromatic carbocycles. The summed E-state index contributed by atoms with van der Waals surface area (Å²) in [4.78, 5) is 0. The van der Waals surface area contributed by atoms with Crippen molar-refractivity contribution in [3.63, 3.8) is 0 Å². The first-order valence-corrected chi connectivity index (χ1v) is 5.00. The van der Waals surface area contributed by atoms with Crippen LogP contribution in [-0.4, -0.2) is 5.75 Å². The lowest BCUT2D eigenvalue weighted by atomic mass is 10.1. The van der Waals surface area contributed by atoms with Crippen molar-refractivity contribution in [2.24, 2.45) is 0 Å². The van der Waals surface area contributed by atoms with Gasteiger partial charge in [0.2, 0.25) is 0 Å². The quantitative estimate of drug-likeness (QED) is 0.573. The predicted octanol–water partition coefficient (Wildman–Crippen LogP) is 3.17. The molecule has 0 aliphatic carbocycles. The van der Waals surface area contributed by atoms with Crippen LogP contribution in [0.15, 0.2) is 18.2 Å². The van der Waals surface area contributed by atoms with Gasteiger partial charge in [-0.25, -0.2) is 0 Å². The summed E-state index contributed by atoms with van der Waals surface area (Å²) in [7, 11) is 0. The summed E-state index contributed by atoms with van der Waals surface area (Å²) in [6, 6.07) is 3.77. The molecule has 0 bridgehead atoms. The first-order valence-electron chi connectivity index (χ1n) is 3.98. The summed E-state index contributed by atoms with van der Waals surface area (Å²) in [5, 5.41) is 0.720. The zero-order valence-corrected chi connectivity index (χ0v) is 9.07. The van der Waals surface area contributed by atoms with Crippen LogP contribution >= 0.6 is 24.2 Å². The summed E-state index contributed by atoms with van der Waals surface area (Å²) in [5.74, 6) is 0.708. The summed E-state index contributed by atoms with van der Waals surface area (Å²) in [5.41, 5.74) is 8.35. The first-order chi connectivity index (χ1) is 6.16. The number of nitrogen functional groups attached to an aromatic ring is 1. The lowest BCUT2D eigenvalue weighted by molar-refractivity contribution is 1.45. The van der Waals surface area contributed by atoms with E-state index in [1.54, 1.807) is 0 Å². The SMILES string of the molecule is Cc1c(N)ccc(C=CCS)c1Cl. The van der Waals surface area contributed by atoms with E-state index in [2.05, 4.69) is 12.6 Å². The zero-order chi connectivity index (χ0) is 9.84. The van der Waals surface area contributed by atoms with Crippen molar-refractivity contribution < 1.29 is 0 Å². The fourth-order valence-electron chi connectivity index (χ4n) is 1.03. The normalized spacial score (nSPS) is 11.0. The number of hydrogen-bond acceptors (Lipinski definition) is 2. The third-order valence-electron chi connectivity index (χ3n) is 1.86. The molecule has 0 radical (unpaired) electrons. The summed E-state index contributed by atoms with van der Waals surface area (Å²) in [6.07, 6.45) is 3.89. The maximum Gasteiger partial charge on any atom is 0.0527 e. The maximum absolute atomic E-state index is 6.08. The maximum atomic E-state index is 6.08. The predicted molar refractivity (Wildman–Crippen MR) is 63.5 cm³/mol. The molecule has 0 amide bonds. The van der Waals surface area contributed by atoms with Gasteiger partial charge in [-0.1, -0.05) is 29.8 Å². The molecule has 0 aliphatic rings. The molecular weight excluding hydrogens is 202 g/mol. The minimum atomic E-state index is 0.708. The molecule has 0 spiro atoms. The second-order valence-electron chi connectivity index (χ2n) is 2.77. The highest BCUT2D eigenvalue weighted by Gasteiger charge is 2.02. The number of nitrogens with two attached hydrogens (primary N) is 1. The second-order valence-corrected chi connectivity index (χ2v) is 3.51. The fraction of sp³-hybridized carbons (Fsp3) is 0.200. The van der Waals surface area contributed by atoms with E-state index in [4.69, 9.17) is 17.3 Å². The third kappa shape index (κ3) is 2.42. The Kier molecular flexibility index (Phi) is 3.70. The van der Waals surface area contributed by atoms with E-state index in [0.29, 0.717) is 5.75 Å². The van der Waals surface area contributed by atoms with Crippen molar-refractivity contribution in [1.29, 1.82) is 0 Å². The van der Waals surface area contributed by atoms with Crippen LogP contribution in [-0.2, 0) is 0 Å². The van der Waals surface area contributed by atoms with Gasteiger partial charge < -0.3 is 5.73 Å².